The number of piperidine rings is 1. The van der Waals surface area contributed by atoms with Crippen LogP contribution in [-0.2, 0) is 4.79 Å². The molecule has 1 aliphatic heterocycles. The number of nitrogens with zero attached hydrogens (tertiary/aromatic N) is 2. The van der Waals surface area contributed by atoms with Crippen molar-refractivity contribution in [1.29, 1.82) is 0 Å². The number of amides is 1. The number of nitrogens with one attached hydrogen (secondary N) is 2. The molecule has 1 aromatic heterocycles. The average Bonchev–Trinajstić information content (AvgIpc) is 3.00. The van der Waals surface area contributed by atoms with Gasteiger partial charge in [-0.15, -0.1) is 0 Å². The van der Waals surface area contributed by atoms with Gasteiger partial charge in [0, 0.05) is 0 Å². The van der Waals surface area contributed by atoms with Crippen molar-refractivity contribution < 1.29 is 4.79 Å². The Morgan fingerprint density at radius 1 is 1.17 bits per heavy atom. The Morgan fingerprint density at radius 2 is 1.88 bits per heavy atom. The van der Waals surface area contributed by atoms with Crippen LogP contribution < -0.4 is 5.32 Å². The first-order valence-electron chi connectivity index (χ1n) is 9.05. The highest BCUT2D eigenvalue weighted by Gasteiger charge is 2.30. The van der Waals surface area contributed by atoms with Crippen molar-refractivity contribution >= 4 is 16.9 Å². The molecular weight excluding hydrogens is 300 g/mol. The van der Waals surface area contributed by atoms with Crippen molar-refractivity contribution in [2.45, 2.75) is 52.1 Å². The fraction of sp³-hybridized carbons (Fsp3) is 0.579. The third-order valence-electron chi connectivity index (χ3n) is 4.86. The molecule has 0 radical (unpaired) electrons. The molecule has 24 heavy (non-hydrogen) atoms. The van der Waals surface area contributed by atoms with E-state index in [1.807, 2.05) is 31.2 Å². The third-order valence-corrected chi connectivity index (χ3v) is 4.86. The number of likely N-dealkylation sites (tertiary alicyclic amines) is 1. The van der Waals surface area contributed by atoms with Crippen molar-refractivity contribution in [2.24, 2.45) is 5.92 Å². The van der Waals surface area contributed by atoms with Crippen LogP contribution in [-0.4, -0.2) is 39.9 Å². The van der Waals surface area contributed by atoms with Crippen LogP contribution in [0.2, 0.25) is 0 Å². The summed E-state index contributed by atoms with van der Waals surface area (Å²) in [6.45, 7) is 8.29. The first kappa shape index (κ1) is 17.0. The zero-order valence-corrected chi connectivity index (χ0v) is 14.9. The van der Waals surface area contributed by atoms with Gasteiger partial charge in [-0.1, -0.05) is 32.4 Å². The minimum absolute atomic E-state index is 0.0582. The zero-order valence-electron chi connectivity index (χ0n) is 14.9. The summed E-state index contributed by atoms with van der Waals surface area (Å²) >= 11 is 0. The molecule has 0 saturated carbocycles. The standard InChI is InChI=1S/C19H28N4O/c1-13(2)17(23-11-7-4-8-12-23)19(24)20-14(3)18-21-15-9-5-6-10-16(15)22-18/h5-6,9-10,13-14,17H,4,7-8,11-12H2,1-3H3,(H,20,24)(H,21,22). The van der Waals surface area contributed by atoms with Gasteiger partial charge in [-0.2, -0.15) is 0 Å². The van der Waals surface area contributed by atoms with Crippen LogP contribution in [0.25, 0.3) is 11.0 Å². The molecule has 0 aliphatic carbocycles. The summed E-state index contributed by atoms with van der Waals surface area (Å²) in [7, 11) is 0. The van der Waals surface area contributed by atoms with Crippen molar-refractivity contribution in [3.8, 4) is 0 Å². The van der Waals surface area contributed by atoms with Crippen LogP contribution in [0.15, 0.2) is 24.3 Å². The molecule has 130 valence electrons. The number of para-hydroxylation sites is 2. The highest BCUT2D eigenvalue weighted by Crippen LogP contribution is 2.20. The topological polar surface area (TPSA) is 61.0 Å². The molecule has 2 heterocycles. The summed E-state index contributed by atoms with van der Waals surface area (Å²) in [5.41, 5.74) is 1.94. The molecule has 1 fully saturated rings. The lowest BCUT2D eigenvalue weighted by molar-refractivity contribution is -0.129. The smallest absolute Gasteiger partial charge is 0.238 e. The van der Waals surface area contributed by atoms with Crippen LogP contribution in [0.1, 0.15) is 51.9 Å². The van der Waals surface area contributed by atoms with Crippen LogP contribution in [0.4, 0.5) is 0 Å². The molecule has 2 unspecified atom stereocenters. The first-order valence-corrected chi connectivity index (χ1v) is 9.05. The van der Waals surface area contributed by atoms with Gasteiger partial charge in [-0.05, 0) is 50.9 Å². The second-order valence-corrected chi connectivity index (χ2v) is 7.15. The number of aromatic nitrogens is 2. The van der Waals surface area contributed by atoms with Crippen molar-refractivity contribution in [3.63, 3.8) is 0 Å². The van der Waals surface area contributed by atoms with Gasteiger partial charge >= 0.3 is 0 Å². The summed E-state index contributed by atoms with van der Waals surface area (Å²) in [5.74, 6) is 1.22. The molecule has 1 amide bonds. The van der Waals surface area contributed by atoms with Crippen molar-refractivity contribution in [2.75, 3.05) is 13.1 Å². The average molecular weight is 328 g/mol. The molecule has 3 rings (SSSR count). The first-order chi connectivity index (χ1) is 11.6. The van der Waals surface area contributed by atoms with E-state index in [4.69, 9.17) is 0 Å². The lowest BCUT2D eigenvalue weighted by Crippen LogP contribution is -2.52. The minimum atomic E-state index is -0.129. The number of carbonyl (C=O) groups is 1. The van der Waals surface area contributed by atoms with E-state index < -0.39 is 0 Å². The molecule has 5 nitrogen and oxygen atoms in total. The van der Waals surface area contributed by atoms with Gasteiger partial charge in [0.1, 0.15) is 5.82 Å². The predicted octanol–water partition coefficient (Wildman–Crippen LogP) is 3.25. The molecule has 1 aromatic carbocycles. The van der Waals surface area contributed by atoms with Crippen LogP contribution in [0.5, 0.6) is 0 Å². The van der Waals surface area contributed by atoms with Gasteiger partial charge in [0.25, 0.3) is 0 Å². The maximum atomic E-state index is 12.9. The monoisotopic (exact) mass is 328 g/mol. The highest BCUT2D eigenvalue weighted by atomic mass is 16.2. The number of rotatable bonds is 5. The molecule has 0 bridgehead atoms. The van der Waals surface area contributed by atoms with Crippen molar-refractivity contribution in [3.05, 3.63) is 30.1 Å². The molecule has 1 aliphatic rings. The third kappa shape index (κ3) is 3.61. The maximum absolute atomic E-state index is 12.9. The number of benzene rings is 1. The van der Waals surface area contributed by atoms with Gasteiger partial charge in [-0.3, -0.25) is 9.69 Å². The fourth-order valence-corrected chi connectivity index (χ4v) is 3.63. The second-order valence-electron chi connectivity index (χ2n) is 7.15. The summed E-state index contributed by atoms with van der Waals surface area (Å²) < 4.78 is 0. The van der Waals surface area contributed by atoms with E-state index in [-0.39, 0.29) is 18.0 Å². The Bertz CT molecular complexity index is 654. The van der Waals surface area contributed by atoms with E-state index in [0.717, 1.165) is 29.9 Å². The van der Waals surface area contributed by atoms with Gasteiger partial charge in [0.05, 0.1) is 23.1 Å². The van der Waals surface area contributed by atoms with Gasteiger partial charge in [0.2, 0.25) is 5.91 Å². The van der Waals surface area contributed by atoms with E-state index in [9.17, 15) is 4.79 Å². The molecule has 0 spiro atoms. The number of hydrogen-bond acceptors (Lipinski definition) is 3. The quantitative estimate of drug-likeness (QED) is 0.886. The van der Waals surface area contributed by atoms with Crippen LogP contribution in [0.3, 0.4) is 0 Å². The highest BCUT2D eigenvalue weighted by molar-refractivity contribution is 5.82. The molecule has 2 aromatic rings. The minimum Gasteiger partial charge on any atom is -0.345 e. The summed E-state index contributed by atoms with van der Waals surface area (Å²) in [4.78, 5) is 23.1. The molecular formula is C19H28N4O. The van der Waals surface area contributed by atoms with Gasteiger partial charge in [-0.25, -0.2) is 4.98 Å². The fourth-order valence-electron chi connectivity index (χ4n) is 3.63. The number of imidazole rings is 1. The Labute approximate surface area is 143 Å². The van der Waals surface area contributed by atoms with E-state index in [0.29, 0.717) is 5.92 Å². The normalized spacial score (nSPS) is 18.7. The Hall–Kier alpha value is -1.88. The summed E-state index contributed by atoms with van der Waals surface area (Å²) in [5, 5.41) is 3.16. The van der Waals surface area contributed by atoms with Crippen molar-refractivity contribution in [1.82, 2.24) is 20.2 Å². The number of fused-ring (bicyclic) bond motifs is 1. The molecule has 5 heteroatoms. The van der Waals surface area contributed by atoms with Crippen LogP contribution >= 0.6 is 0 Å². The number of H-pyrrole nitrogens is 1. The summed E-state index contributed by atoms with van der Waals surface area (Å²) in [6, 6.07) is 7.76. The Balaban J connectivity index is 1.71. The second kappa shape index (κ2) is 7.34. The van der Waals surface area contributed by atoms with E-state index >= 15 is 0 Å². The number of hydrogen-bond donors (Lipinski definition) is 2. The van der Waals surface area contributed by atoms with Gasteiger partial charge < -0.3 is 10.3 Å². The van der Waals surface area contributed by atoms with E-state index in [2.05, 4.69) is 34.0 Å². The van der Waals surface area contributed by atoms with E-state index in [1.54, 1.807) is 0 Å². The lowest BCUT2D eigenvalue weighted by Gasteiger charge is -2.36. The van der Waals surface area contributed by atoms with Gasteiger partial charge in [0.15, 0.2) is 0 Å². The largest absolute Gasteiger partial charge is 0.345 e. The molecule has 2 atom stereocenters. The SMILES string of the molecule is CC(NC(=O)C(C(C)C)N1CCCCC1)c1nc2ccccc2[nH]1. The number of carbonyl (C=O) groups excluding carboxylic acids is 1. The number of aromatic amines is 1. The lowest BCUT2D eigenvalue weighted by atomic mass is 9.98. The summed E-state index contributed by atoms with van der Waals surface area (Å²) in [6.07, 6.45) is 3.66. The predicted molar refractivity (Wildman–Crippen MR) is 96.7 cm³/mol. The van der Waals surface area contributed by atoms with E-state index in [1.165, 1.54) is 19.3 Å². The zero-order chi connectivity index (χ0) is 17.1. The molecule has 2 N–H and O–H groups in total. The Kier molecular flexibility index (Phi) is 5.19. The molecule has 1 saturated heterocycles. The van der Waals surface area contributed by atoms with Crippen LogP contribution in [0, 0.1) is 5.92 Å². The Morgan fingerprint density at radius 3 is 2.54 bits per heavy atom. The maximum Gasteiger partial charge on any atom is 0.238 e.